The van der Waals surface area contributed by atoms with Gasteiger partial charge >= 0.3 is 0 Å². The third-order valence-corrected chi connectivity index (χ3v) is 6.95. The summed E-state index contributed by atoms with van der Waals surface area (Å²) in [5.74, 6) is 0.917. The lowest BCUT2D eigenvalue weighted by Crippen LogP contribution is -2.40. The van der Waals surface area contributed by atoms with Gasteiger partial charge in [-0.1, -0.05) is 51.8 Å². The minimum Gasteiger partial charge on any atom is -0.324 e. The SMILES string of the molecule is O=C(Nc1ccccc1Cl)[C@@H]1CCCN(Cc2nc3ccccc3n2-c2ccc(Br)cc2)C1. The van der Waals surface area contributed by atoms with E-state index < -0.39 is 0 Å². The molecular weight excluding hydrogens is 500 g/mol. The molecule has 2 heterocycles. The topological polar surface area (TPSA) is 50.2 Å². The average molecular weight is 524 g/mol. The number of halogens is 2. The third-order valence-electron chi connectivity index (χ3n) is 6.09. The van der Waals surface area contributed by atoms with E-state index in [4.69, 9.17) is 16.6 Å². The van der Waals surface area contributed by atoms with Crippen molar-refractivity contribution in [3.8, 4) is 5.69 Å². The van der Waals surface area contributed by atoms with Crippen molar-refractivity contribution in [2.24, 2.45) is 5.92 Å². The highest BCUT2D eigenvalue weighted by molar-refractivity contribution is 9.10. The Labute approximate surface area is 206 Å². The summed E-state index contributed by atoms with van der Waals surface area (Å²) in [6, 6.07) is 23.8. The van der Waals surface area contributed by atoms with Crippen LogP contribution >= 0.6 is 27.5 Å². The predicted octanol–water partition coefficient (Wildman–Crippen LogP) is 6.29. The van der Waals surface area contributed by atoms with Gasteiger partial charge in [0.15, 0.2) is 0 Å². The smallest absolute Gasteiger partial charge is 0.228 e. The van der Waals surface area contributed by atoms with Crippen LogP contribution in [0.1, 0.15) is 18.7 Å². The van der Waals surface area contributed by atoms with E-state index in [-0.39, 0.29) is 11.8 Å². The van der Waals surface area contributed by atoms with E-state index >= 15 is 0 Å². The Bertz CT molecular complexity index is 1290. The van der Waals surface area contributed by atoms with Gasteiger partial charge in [0.1, 0.15) is 5.82 Å². The third kappa shape index (κ3) is 4.83. The summed E-state index contributed by atoms with van der Waals surface area (Å²) in [6.45, 7) is 2.32. The first-order chi connectivity index (χ1) is 16.1. The molecule has 0 unspecified atom stereocenters. The zero-order chi connectivity index (χ0) is 22.8. The van der Waals surface area contributed by atoms with Crippen LogP contribution in [-0.2, 0) is 11.3 Å². The number of carbonyl (C=O) groups is 1. The molecule has 5 rings (SSSR count). The number of anilines is 1. The Hall–Kier alpha value is -2.67. The number of benzene rings is 3. The van der Waals surface area contributed by atoms with Crippen LogP contribution in [0.3, 0.4) is 0 Å². The number of carbonyl (C=O) groups excluding carboxylic acids is 1. The summed E-state index contributed by atoms with van der Waals surface area (Å²) in [4.78, 5) is 20.2. The summed E-state index contributed by atoms with van der Waals surface area (Å²) in [5, 5.41) is 3.56. The highest BCUT2D eigenvalue weighted by Gasteiger charge is 2.27. The molecule has 1 saturated heterocycles. The molecule has 0 spiro atoms. The Morgan fingerprint density at radius 3 is 2.64 bits per heavy atom. The summed E-state index contributed by atoms with van der Waals surface area (Å²) in [7, 11) is 0. The van der Waals surface area contributed by atoms with E-state index in [1.807, 2.05) is 48.5 Å². The average Bonchev–Trinajstić information content (AvgIpc) is 3.19. The van der Waals surface area contributed by atoms with Crippen LogP contribution in [-0.4, -0.2) is 33.4 Å². The minimum atomic E-state index is -0.0828. The van der Waals surface area contributed by atoms with Crippen LogP contribution in [0.4, 0.5) is 5.69 Å². The van der Waals surface area contributed by atoms with E-state index in [9.17, 15) is 4.79 Å². The Morgan fingerprint density at radius 2 is 1.82 bits per heavy atom. The fourth-order valence-electron chi connectivity index (χ4n) is 4.47. The Kier molecular flexibility index (Phi) is 6.49. The maximum atomic E-state index is 13.0. The maximum absolute atomic E-state index is 13.0. The van der Waals surface area contributed by atoms with Gasteiger partial charge in [0.05, 0.1) is 34.2 Å². The second kappa shape index (κ2) is 9.67. The van der Waals surface area contributed by atoms with Gasteiger partial charge in [0, 0.05) is 16.7 Å². The van der Waals surface area contributed by atoms with E-state index in [0.717, 1.165) is 46.4 Å². The quantitative estimate of drug-likeness (QED) is 0.334. The summed E-state index contributed by atoms with van der Waals surface area (Å²) < 4.78 is 3.26. The second-order valence-corrected chi connectivity index (χ2v) is 9.69. The number of para-hydroxylation sites is 3. The van der Waals surface area contributed by atoms with Gasteiger partial charge in [-0.05, 0) is 67.9 Å². The lowest BCUT2D eigenvalue weighted by atomic mass is 9.97. The Morgan fingerprint density at radius 1 is 1.06 bits per heavy atom. The van der Waals surface area contributed by atoms with Crippen molar-refractivity contribution in [1.82, 2.24) is 14.5 Å². The van der Waals surface area contributed by atoms with Gasteiger partial charge in [-0.15, -0.1) is 0 Å². The van der Waals surface area contributed by atoms with Crippen molar-refractivity contribution in [2.45, 2.75) is 19.4 Å². The molecular formula is C26H24BrClN4O. The number of likely N-dealkylation sites (tertiary alicyclic amines) is 1. The standard InChI is InChI=1S/C26H24BrClN4O/c27-19-11-13-20(14-12-19)32-24-10-4-3-9-23(24)29-25(32)17-31-15-5-6-18(16-31)26(33)30-22-8-2-1-7-21(22)28/h1-4,7-14,18H,5-6,15-17H2,(H,30,33)/t18-/m1/s1. The molecule has 4 aromatic rings. The molecule has 33 heavy (non-hydrogen) atoms. The normalized spacial score (nSPS) is 16.7. The zero-order valence-electron chi connectivity index (χ0n) is 18.0. The lowest BCUT2D eigenvalue weighted by Gasteiger charge is -2.31. The van der Waals surface area contributed by atoms with Crippen LogP contribution < -0.4 is 5.32 Å². The van der Waals surface area contributed by atoms with Crippen molar-refractivity contribution in [1.29, 1.82) is 0 Å². The molecule has 3 aromatic carbocycles. The number of piperidine rings is 1. The van der Waals surface area contributed by atoms with Crippen LogP contribution in [0.5, 0.6) is 0 Å². The summed E-state index contributed by atoms with van der Waals surface area (Å²) in [6.07, 6.45) is 1.84. The van der Waals surface area contributed by atoms with Crippen molar-refractivity contribution >= 4 is 50.2 Å². The van der Waals surface area contributed by atoms with E-state index in [1.54, 1.807) is 6.07 Å². The van der Waals surface area contributed by atoms with Crippen molar-refractivity contribution in [3.05, 3.63) is 88.1 Å². The first kappa shape index (κ1) is 22.1. The molecule has 5 nitrogen and oxygen atoms in total. The Balaban J connectivity index is 1.37. The van der Waals surface area contributed by atoms with Gasteiger partial charge in [0.2, 0.25) is 5.91 Å². The van der Waals surface area contributed by atoms with E-state index in [0.29, 0.717) is 23.8 Å². The van der Waals surface area contributed by atoms with Gasteiger partial charge in [-0.25, -0.2) is 4.98 Å². The number of hydrogen-bond donors (Lipinski definition) is 1. The number of hydrogen-bond acceptors (Lipinski definition) is 3. The molecule has 1 aliphatic heterocycles. The molecule has 0 bridgehead atoms. The molecule has 1 amide bonds. The van der Waals surface area contributed by atoms with Crippen molar-refractivity contribution in [3.63, 3.8) is 0 Å². The van der Waals surface area contributed by atoms with Crippen molar-refractivity contribution in [2.75, 3.05) is 18.4 Å². The van der Waals surface area contributed by atoms with Gasteiger partial charge in [0.25, 0.3) is 0 Å². The molecule has 0 aliphatic carbocycles. The number of fused-ring (bicyclic) bond motifs is 1. The highest BCUT2D eigenvalue weighted by atomic mass is 79.9. The molecule has 0 saturated carbocycles. The largest absolute Gasteiger partial charge is 0.324 e. The molecule has 168 valence electrons. The summed E-state index contributed by atoms with van der Waals surface area (Å²) in [5.41, 5.74) is 3.80. The molecule has 0 radical (unpaired) electrons. The number of nitrogens with zero attached hydrogens (tertiary/aromatic N) is 3. The number of nitrogens with one attached hydrogen (secondary N) is 1. The first-order valence-corrected chi connectivity index (χ1v) is 12.3. The molecule has 1 fully saturated rings. The van der Waals surface area contributed by atoms with E-state index in [2.05, 4.69) is 48.9 Å². The van der Waals surface area contributed by atoms with Crippen LogP contribution in [0.15, 0.2) is 77.3 Å². The lowest BCUT2D eigenvalue weighted by molar-refractivity contribution is -0.121. The predicted molar refractivity (Wildman–Crippen MR) is 137 cm³/mol. The van der Waals surface area contributed by atoms with Crippen molar-refractivity contribution < 1.29 is 4.79 Å². The zero-order valence-corrected chi connectivity index (χ0v) is 20.4. The number of rotatable bonds is 5. The van der Waals surface area contributed by atoms with Gasteiger partial charge in [-0.2, -0.15) is 0 Å². The second-order valence-electron chi connectivity index (χ2n) is 8.37. The molecule has 1 atom stereocenters. The fourth-order valence-corrected chi connectivity index (χ4v) is 4.92. The van der Waals surface area contributed by atoms with E-state index in [1.165, 1.54) is 0 Å². The molecule has 1 aromatic heterocycles. The number of amides is 1. The highest BCUT2D eigenvalue weighted by Crippen LogP contribution is 2.27. The van der Waals surface area contributed by atoms with Crippen LogP contribution in [0.25, 0.3) is 16.7 Å². The monoisotopic (exact) mass is 522 g/mol. The van der Waals surface area contributed by atoms with Gasteiger partial charge in [-0.3, -0.25) is 14.3 Å². The van der Waals surface area contributed by atoms with Crippen LogP contribution in [0.2, 0.25) is 5.02 Å². The molecule has 1 aliphatic rings. The number of aromatic nitrogens is 2. The number of imidazole rings is 1. The molecule has 7 heteroatoms. The molecule has 1 N–H and O–H groups in total. The van der Waals surface area contributed by atoms with Gasteiger partial charge < -0.3 is 5.32 Å². The summed E-state index contributed by atoms with van der Waals surface area (Å²) >= 11 is 9.75. The fraction of sp³-hybridized carbons (Fsp3) is 0.231. The first-order valence-electron chi connectivity index (χ1n) is 11.1. The maximum Gasteiger partial charge on any atom is 0.228 e. The minimum absolute atomic E-state index is 0.0224. The van der Waals surface area contributed by atoms with Crippen LogP contribution in [0, 0.1) is 5.92 Å².